The molecule has 0 saturated heterocycles. The molecule has 1 aromatic rings. The first-order valence-electron chi connectivity index (χ1n) is 5.51. The highest BCUT2D eigenvalue weighted by atomic mass is 16.5. The lowest BCUT2D eigenvalue weighted by atomic mass is 10.2. The van der Waals surface area contributed by atoms with E-state index in [1.807, 2.05) is 30.3 Å². The minimum atomic E-state index is 0.0738. The number of hydrogen-bond acceptors (Lipinski definition) is 3. The van der Waals surface area contributed by atoms with Crippen molar-refractivity contribution < 1.29 is 4.74 Å². The fraction of sp³-hybridized carbons (Fsp3) is 0.357. The molecule has 3 nitrogen and oxygen atoms in total. The first-order valence-corrected chi connectivity index (χ1v) is 5.51. The van der Waals surface area contributed by atoms with Crippen molar-refractivity contribution >= 4 is 0 Å². The second kappa shape index (κ2) is 7.33. The van der Waals surface area contributed by atoms with E-state index in [9.17, 15) is 0 Å². The van der Waals surface area contributed by atoms with E-state index in [2.05, 4.69) is 18.2 Å². The number of hydrogen-bond donors (Lipinski definition) is 1. The smallest absolute Gasteiger partial charge is 0.174 e. The van der Waals surface area contributed by atoms with E-state index < -0.39 is 0 Å². The van der Waals surface area contributed by atoms with Crippen molar-refractivity contribution in [2.45, 2.75) is 25.9 Å². The van der Waals surface area contributed by atoms with E-state index in [0.29, 0.717) is 12.5 Å². The Kier molecular flexibility index (Phi) is 5.64. The average molecular weight is 228 g/mol. The van der Waals surface area contributed by atoms with Crippen molar-refractivity contribution in [2.75, 3.05) is 6.61 Å². The number of nitrogens with zero attached hydrogens (tertiary/aromatic N) is 1. The summed E-state index contributed by atoms with van der Waals surface area (Å²) in [6, 6.07) is 9.92. The van der Waals surface area contributed by atoms with Crippen LogP contribution in [-0.4, -0.2) is 12.6 Å². The van der Waals surface area contributed by atoms with Crippen LogP contribution in [0, 0.1) is 23.7 Å². The van der Waals surface area contributed by atoms with E-state index in [1.165, 1.54) is 0 Å². The van der Waals surface area contributed by atoms with E-state index in [4.69, 9.17) is 16.4 Å². The Labute approximate surface area is 102 Å². The summed E-state index contributed by atoms with van der Waals surface area (Å²) in [4.78, 5) is 0. The fourth-order valence-electron chi connectivity index (χ4n) is 1.40. The maximum Gasteiger partial charge on any atom is 0.174 e. The van der Waals surface area contributed by atoms with Gasteiger partial charge in [-0.2, -0.15) is 5.26 Å². The van der Waals surface area contributed by atoms with E-state index in [-0.39, 0.29) is 6.61 Å². The molecule has 1 unspecified atom stereocenters. The summed E-state index contributed by atoms with van der Waals surface area (Å²) in [6.07, 6.45) is 5.95. The summed E-state index contributed by atoms with van der Waals surface area (Å²) in [5.41, 5.74) is 1.12. The molecule has 0 spiro atoms. The van der Waals surface area contributed by atoms with Gasteiger partial charge >= 0.3 is 0 Å². The number of benzene rings is 1. The number of ether oxygens (including phenoxy) is 1. The van der Waals surface area contributed by atoms with Crippen LogP contribution in [-0.2, 0) is 6.54 Å². The van der Waals surface area contributed by atoms with E-state index >= 15 is 0 Å². The molecule has 17 heavy (non-hydrogen) atoms. The van der Waals surface area contributed by atoms with Crippen molar-refractivity contribution in [3.05, 3.63) is 29.8 Å². The zero-order valence-corrected chi connectivity index (χ0v) is 9.94. The number of nitriles is 1. The molecule has 1 atom stereocenters. The maximum absolute atomic E-state index is 8.43. The Bertz CT molecular complexity index is 429. The Morgan fingerprint density at radius 1 is 1.53 bits per heavy atom. The van der Waals surface area contributed by atoms with Crippen molar-refractivity contribution in [2.24, 2.45) is 0 Å². The number of rotatable bonds is 6. The van der Waals surface area contributed by atoms with Gasteiger partial charge in [0.1, 0.15) is 11.8 Å². The monoisotopic (exact) mass is 228 g/mol. The fourth-order valence-corrected chi connectivity index (χ4v) is 1.40. The van der Waals surface area contributed by atoms with Crippen molar-refractivity contribution in [1.82, 2.24) is 5.32 Å². The van der Waals surface area contributed by atoms with Crippen LogP contribution >= 0.6 is 0 Å². The molecule has 0 bridgehead atoms. The van der Waals surface area contributed by atoms with E-state index in [1.54, 1.807) is 0 Å². The van der Waals surface area contributed by atoms with Crippen LogP contribution in [0.4, 0.5) is 0 Å². The van der Waals surface area contributed by atoms with Gasteiger partial charge in [-0.15, -0.1) is 12.3 Å². The average Bonchev–Trinajstić information content (AvgIpc) is 2.35. The van der Waals surface area contributed by atoms with Crippen LogP contribution < -0.4 is 10.1 Å². The molecule has 88 valence electrons. The Balaban J connectivity index is 2.49. The number of nitrogens with one attached hydrogen (secondary N) is 1. The largest absolute Gasteiger partial charge is 0.479 e. The molecule has 1 rings (SSSR count). The molecule has 0 amide bonds. The molecule has 0 aliphatic rings. The van der Waals surface area contributed by atoms with Crippen LogP contribution in [0.5, 0.6) is 5.75 Å². The van der Waals surface area contributed by atoms with Crippen molar-refractivity contribution in [1.29, 1.82) is 5.26 Å². The minimum Gasteiger partial charge on any atom is -0.479 e. The van der Waals surface area contributed by atoms with Crippen LogP contribution in [0.15, 0.2) is 24.3 Å². The molecule has 3 heteroatoms. The molecular weight excluding hydrogens is 212 g/mol. The normalized spacial score (nSPS) is 11.2. The van der Waals surface area contributed by atoms with Gasteiger partial charge < -0.3 is 10.1 Å². The zero-order valence-electron chi connectivity index (χ0n) is 9.94. The first kappa shape index (κ1) is 13.1. The van der Waals surface area contributed by atoms with Crippen LogP contribution in [0.25, 0.3) is 0 Å². The van der Waals surface area contributed by atoms with Crippen molar-refractivity contribution in [3.63, 3.8) is 0 Å². The van der Waals surface area contributed by atoms with Crippen LogP contribution in [0.3, 0.4) is 0 Å². The summed E-state index contributed by atoms with van der Waals surface area (Å²) < 4.78 is 5.23. The summed E-state index contributed by atoms with van der Waals surface area (Å²) >= 11 is 0. The maximum atomic E-state index is 8.43. The molecular formula is C14H16N2O. The highest BCUT2D eigenvalue weighted by Crippen LogP contribution is 2.13. The second-order valence-corrected chi connectivity index (χ2v) is 3.78. The Morgan fingerprint density at radius 3 is 3.06 bits per heavy atom. The highest BCUT2D eigenvalue weighted by molar-refractivity contribution is 5.28. The lowest BCUT2D eigenvalue weighted by Gasteiger charge is -2.11. The SMILES string of the molecule is C#CCC(C)NCc1cccc(OCC#N)c1. The van der Waals surface area contributed by atoms with Gasteiger partial charge in [0.15, 0.2) is 6.61 Å². The van der Waals surface area contributed by atoms with Crippen LogP contribution in [0.2, 0.25) is 0 Å². The van der Waals surface area contributed by atoms with E-state index in [0.717, 1.165) is 17.9 Å². The third kappa shape index (κ3) is 5.06. The van der Waals surface area contributed by atoms with Gasteiger partial charge in [0, 0.05) is 19.0 Å². The summed E-state index contributed by atoms with van der Waals surface area (Å²) in [6.45, 7) is 2.87. The second-order valence-electron chi connectivity index (χ2n) is 3.78. The topological polar surface area (TPSA) is 45.0 Å². The third-order valence-corrected chi connectivity index (χ3v) is 2.28. The van der Waals surface area contributed by atoms with Crippen LogP contribution in [0.1, 0.15) is 18.9 Å². The molecule has 0 fully saturated rings. The lowest BCUT2D eigenvalue weighted by molar-refractivity contribution is 0.367. The third-order valence-electron chi connectivity index (χ3n) is 2.28. The Hall–Kier alpha value is -1.97. The van der Waals surface area contributed by atoms with Gasteiger partial charge in [0.2, 0.25) is 0 Å². The molecule has 0 heterocycles. The molecule has 0 aliphatic carbocycles. The quantitative estimate of drug-likeness (QED) is 0.758. The Morgan fingerprint density at radius 2 is 2.35 bits per heavy atom. The molecule has 0 aliphatic heterocycles. The van der Waals surface area contributed by atoms with Gasteiger partial charge in [0.25, 0.3) is 0 Å². The summed E-state index contributed by atoms with van der Waals surface area (Å²) in [5, 5.41) is 11.7. The standard InChI is InChI=1S/C14H16N2O/c1-3-5-12(2)16-11-13-6-4-7-14(10-13)17-9-8-15/h1,4,6-7,10,12,16H,5,9,11H2,2H3. The van der Waals surface area contributed by atoms with Crippen molar-refractivity contribution in [3.8, 4) is 24.2 Å². The minimum absolute atomic E-state index is 0.0738. The molecule has 0 aromatic heterocycles. The van der Waals surface area contributed by atoms with Gasteiger partial charge in [0.05, 0.1) is 0 Å². The molecule has 0 radical (unpaired) electrons. The predicted octanol–water partition coefficient (Wildman–Crippen LogP) is 2.09. The van der Waals surface area contributed by atoms with Gasteiger partial charge in [-0.25, -0.2) is 0 Å². The highest BCUT2D eigenvalue weighted by Gasteiger charge is 2.00. The molecule has 0 saturated carbocycles. The molecule has 1 aromatic carbocycles. The predicted molar refractivity (Wildman–Crippen MR) is 67.3 cm³/mol. The first-order chi connectivity index (χ1) is 8.26. The summed E-state index contributed by atoms with van der Waals surface area (Å²) in [7, 11) is 0. The lowest BCUT2D eigenvalue weighted by Crippen LogP contribution is -2.24. The molecule has 1 N–H and O–H groups in total. The van der Waals surface area contributed by atoms with Gasteiger partial charge in [-0.1, -0.05) is 12.1 Å². The van der Waals surface area contributed by atoms with Gasteiger partial charge in [-0.3, -0.25) is 0 Å². The van der Waals surface area contributed by atoms with Gasteiger partial charge in [-0.05, 0) is 24.6 Å². The summed E-state index contributed by atoms with van der Waals surface area (Å²) in [5.74, 6) is 3.34. The number of terminal acetylenes is 1. The zero-order chi connectivity index (χ0) is 12.5.